The summed E-state index contributed by atoms with van der Waals surface area (Å²) in [5.41, 5.74) is 6.28. The van der Waals surface area contributed by atoms with Crippen LogP contribution in [0.1, 0.15) is 23.7 Å². The van der Waals surface area contributed by atoms with Crippen LogP contribution in [0.4, 0.5) is 0 Å². The number of thiazole rings is 1. The van der Waals surface area contributed by atoms with E-state index in [4.69, 9.17) is 18.9 Å². The fraction of sp³-hybridized carbons (Fsp3) is 0.222. The SMILES string of the molecule is CCOC(=O)[C@@H](CSCc1cccc(O)c1)NC(=O)Cn1cc(COc2ccc3nc(S(=O)(=O)NCc4ccc(-c5ccc(OC)cc5)cc4-c4ccc(OC)cc4)sc3c2)nn1. The minimum atomic E-state index is -4.01. The lowest BCUT2D eigenvalue weighted by molar-refractivity contribution is -0.146. The highest BCUT2D eigenvalue weighted by atomic mass is 32.2. The Balaban J connectivity index is 0.963. The maximum absolute atomic E-state index is 13.7. The molecular formula is C45H44N6O9S3. The van der Waals surface area contributed by atoms with Crippen LogP contribution < -0.4 is 24.2 Å². The molecule has 0 aliphatic carbocycles. The van der Waals surface area contributed by atoms with Crippen LogP contribution in [-0.2, 0) is 49.8 Å². The Labute approximate surface area is 372 Å². The number of fused-ring (bicyclic) bond motifs is 1. The van der Waals surface area contributed by atoms with Gasteiger partial charge in [0.25, 0.3) is 10.0 Å². The van der Waals surface area contributed by atoms with E-state index in [1.54, 1.807) is 63.7 Å². The molecule has 5 aromatic carbocycles. The Hall–Kier alpha value is -6.47. The van der Waals surface area contributed by atoms with Gasteiger partial charge in [-0.05, 0) is 101 Å². The Bertz CT molecular complexity index is 2800. The second-order valence-electron chi connectivity index (χ2n) is 14.0. The maximum atomic E-state index is 13.7. The molecule has 63 heavy (non-hydrogen) atoms. The summed E-state index contributed by atoms with van der Waals surface area (Å²) in [7, 11) is -0.790. The molecule has 0 bridgehead atoms. The molecule has 0 aliphatic rings. The monoisotopic (exact) mass is 908 g/mol. The second-order valence-corrected chi connectivity index (χ2v) is 18.0. The molecule has 1 atom stereocenters. The zero-order valence-electron chi connectivity index (χ0n) is 34.5. The molecule has 2 aromatic heterocycles. The number of carbonyl (C=O) groups is 2. The van der Waals surface area contributed by atoms with E-state index >= 15 is 0 Å². The summed E-state index contributed by atoms with van der Waals surface area (Å²) in [6.45, 7) is 1.70. The Morgan fingerprint density at radius 2 is 1.59 bits per heavy atom. The number of thioether (sulfide) groups is 1. The molecule has 7 rings (SSSR count). The van der Waals surface area contributed by atoms with E-state index in [-0.39, 0.29) is 42.1 Å². The van der Waals surface area contributed by atoms with E-state index in [2.05, 4.69) is 25.3 Å². The van der Waals surface area contributed by atoms with E-state index in [1.807, 2.05) is 72.8 Å². The van der Waals surface area contributed by atoms with Crippen molar-refractivity contribution in [2.45, 2.75) is 42.8 Å². The number of sulfonamides is 1. The Morgan fingerprint density at radius 3 is 2.30 bits per heavy atom. The van der Waals surface area contributed by atoms with Gasteiger partial charge >= 0.3 is 5.97 Å². The number of esters is 1. The van der Waals surface area contributed by atoms with Crippen LogP contribution in [0, 0.1) is 0 Å². The lowest BCUT2D eigenvalue weighted by atomic mass is 9.94. The third kappa shape index (κ3) is 11.7. The van der Waals surface area contributed by atoms with Crippen molar-refractivity contribution in [1.29, 1.82) is 0 Å². The van der Waals surface area contributed by atoms with Crippen molar-refractivity contribution >= 4 is 55.2 Å². The molecule has 7 aromatic rings. The first-order chi connectivity index (χ1) is 30.5. The van der Waals surface area contributed by atoms with E-state index in [1.165, 1.54) is 16.4 Å². The number of aromatic hydroxyl groups is 1. The van der Waals surface area contributed by atoms with Crippen molar-refractivity contribution in [1.82, 2.24) is 30.0 Å². The number of hydrogen-bond donors (Lipinski definition) is 3. The van der Waals surface area contributed by atoms with Crippen molar-refractivity contribution in [2.75, 3.05) is 26.6 Å². The van der Waals surface area contributed by atoms with Gasteiger partial charge in [-0.3, -0.25) is 4.79 Å². The van der Waals surface area contributed by atoms with Gasteiger partial charge in [0.15, 0.2) is 0 Å². The number of phenols is 1. The molecule has 0 unspecified atom stereocenters. The fourth-order valence-corrected chi connectivity index (χ4v) is 9.72. The molecule has 0 aliphatic heterocycles. The summed E-state index contributed by atoms with van der Waals surface area (Å²) < 4.78 is 53.7. The number of ether oxygens (including phenoxy) is 4. The molecular weight excluding hydrogens is 865 g/mol. The zero-order chi connectivity index (χ0) is 44.3. The molecule has 15 nitrogen and oxygen atoms in total. The van der Waals surface area contributed by atoms with Gasteiger partial charge in [-0.1, -0.05) is 53.7 Å². The molecule has 0 radical (unpaired) electrons. The standard InChI is InChI=1S/C45H44N6O9S3/c1-4-59-44(54)41(28-61-27-29-6-5-7-35(52)20-29)47-43(53)25-51-24-34(49-50-51)26-60-38-18-19-40-42(22-38)62-45(48-40)63(55,56)46-23-33-9-8-32(30-10-14-36(57-2)15-11-30)21-39(33)31-12-16-37(58-3)17-13-31/h5-22,24,41,46,52H,4,23,25-28H2,1-3H3,(H,47,53)/t41-/m1/s1. The smallest absolute Gasteiger partial charge is 0.329 e. The second kappa shape index (κ2) is 20.6. The average molecular weight is 909 g/mol. The lowest BCUT2D eigenvalue weighted by Gasteiger charge is -2.17. The highest BCUT2D eigenvalue weighted by Gasteiger charge is 2.24. The number of amides is 1. The van der Waals surface area contributed by atoms with Crippen molar-refractivity contribution in [3.05, 3.63) is 132 Å². The summed E-state index contributed by atoms with van der Waals surface area (Å²) in [6, 6.07) is 32.3. The van der Waals surface area contributed by atoms with Gasteiger partial charge in [-0.25, -0.2) is 27.6 Å². The number of carbonyl (C=O) groups excluding carboxylic acids is 2. The topological polar surface area (TPSA) is 193 Å². The van der Waals surface area contributed by atoms with Crippen LogP contribution in [0.15, 0.2) is 120 Å². The molecule has 326 valence electrons. The van der Waals surface area contributed by atoms with Crippen molar-refractivity contribution in [3.8, 4) is 45.3 Å². The molecule has 0 fully saturated rings. The highest BCUT2D eigenvalue weighted by Crippen LogP contribution is 2.33. The van der Waals surface area contributed by atoms with Gasteiger partial charge in [0.2, 0.25) is 10.2 Å². The van der Waals surface area contributed by atoms with Gasteiger partial charge in [-0.2, -0.15) is 11.8 Å². The van der Waals surface area contributed by atoms with Gasteiger partial charge < -0.3 is 29.4 Å². The fourth-order valence-electron chi connectivity index (χ4n) is 6.43. The first kappa shape index (κ1) is 44.6. The molecule has 0 spiro atoms. The molecule has 1 amide bonds. The first-order valence-electron chi connectivity index (χ1n) is 19.7. The summed E-state index contributed by atoms with van der Waals surface area (Å²) in [4.78, 5) is 30.0. The quantitative estimate of drug-likeness (QED) is 0.0664. The zero-order valence-corrected chi connectivity index (χ0v) is 37.0. The summed E-state index contributed by atoms with van der Waals surface area (Å²) in [6.07, 6.45) is 1.56. The van der Waals surface area contributed by atoms with E-state index in [0.717, 1.165) is 50.5 Å². The number of nitrogens with zero attached hydrogens (tertiary/aromatic N) is 4. The van der Waals surface area contributed by atoms with Crippen LogP contribution in [-0.4, -0.2) is 78.0 Å². The average Bonchev–Trinajstić information content (AvgIpc) is 3.94. The van der Waals surface area contributed by atoms with Crippen LogP contribution >= 0.6 is 23.1 Å². The van der Waals surface area contributed by atoms with Crippen LogP contribution in [0.3, 0.4) is 0 Å². The summed E-state index contributed by atoms with van der Waals surface area (Å²) in [5, 5.41) is 20.6. The minimum absolute atomic E-state index is 0.0174. The van der Waals surface area contributed by atoms with Crippen molar-refractivity contribution in [3.63, 3.8) is 0 Å². The van der Waals surface area contributed by atoms with Crippen LogP contribution in [0.5, 0.6) is 23.0 Å². The van der Waals surface area contributed by atoms with Gasteiger partial charge in [0.1, 0.15) is 47.9 Å². The highest BCUT2D eigenvalue weighted by molar-refractivity contribution is 7.98. The van der Waals surface area contributed by atoms with E-state index < -0.39 is 27.9 Å². The number of methoxy groups -OCH3 is 2. The Morgan fingerprint density at radius 1 is 0.873 bits per heavy atom. The third-order valence-electron chi connectivity index (χ3n) is 9.61. The predicted octanol–water partition coefficient (Wildman–Crippen LogP) is 6.98. The van der Waals surface area contributed by atoms with Crippen LogP contribution in [0.2, 0.25) is 0 Å². The van der Waals surface area contributed by atoms with Crippen LogP contribution in [0.25, 0.3) is 32.5 Å². The normalized spacial score (nSPS) is 11.9. The summed E-state index contributed by atoms with van der Waals surface area (Å²) in [5.74, 6) is 1.84. The summed E-state index contributed by atoms with van der Waals surface area (Å²) >= 11 is 2.44. The largest absolute Gasteiger partial charge is 0.508 e. The lowest BCUT2D eigenvalue weighted by Crippen LogP contribution is -2.45. The Kier molecular flexibility index (Phi) is 14.6. The molecule has 18 heteroatoms. The molecule has 0 saturated carbocycles. The molecule has 0 saturated heterocycles. The third-order valence-corrected chi connectivity index (χ3v) is 13.5. The maximum Gasteiger partial charge on any atom is 0.329 e. The number of phenolic OH excluding ortho intramolecular Hbond substituents is 1. The van der Waals surface area contributed by atoms with Gasteiger partial charge in [-0.15, -0.1) is 16.4 Å². The number of benzene rings is 5. The van der Waals surface area contributed by atoms with Crippen molar-refractivity contribution < 1.29 is 42.1 Å². The van der Waals surface area contributed by atoms with E-state index in [0.29, 0.717) is 33.2 Å². The number of aromatic nitrogens is 4. The van der Waals surface area contributed by atoms with Crippen molar-refractivity contribution in [2.24, 2.45) is 0 Å². The predicted molar refractivity (Wildman–Crippen MR) is 241 cm³/mol. The number of nitrogens with one attached hydrogen (secondary N) is 2. The van der Waals surface area contributed by atoms with E-state index in [9.17, 15) is 23.1 Å². The first-order valence-corrected chi connectivity index (χ1v) is 23.1. The molecule has 2 heterocycles. The minimum Gasteiger partial charge on any atom is -0.508 e. The molecule has 3 N–H and O–H groups in total. The number of hydrogen-bond acceptors (Lipinski definition) is 14. The number of rotatable bonds is 20. The van der Waals surface area contributed by atoms with Gasteiger partial charge in [0.05, 0.1) is 37.2 Å². The van der Waals surface area contributed by atoms with Gasteiger partial charge in [0, 0.05) is 18.1 Å².